The number of carbonyl (C=O) groups is 1. The zero-order chi connectivity index (χ0) is 29.4. The molecule has 2 aliphatic carbocycles. The Bertz CT molecular complexity index is 1430. The van der Waals surface area contributed by atoms with Crippen LogP contribution >= 0.6 is 11.6 Å². The maximum atomic E-state index is 13.1. The number of halogens is 1. The summed E-state index contributed by atoms with van der Waals surface area (Å²) in [6, 6.07) is 11.3. The number of carbonyl (C=O) groups excluding carboxylic acids is 1. The molecule has 3 aliphatic rings. The van der Waals surface area contributed by atoms with Crippen LogP contribution in [0.4, 0.5) is 5.69 Å². The van der Waals surface area contributed by atoms with E-state index in [0.717, 1.165) is 49.2 Å². The Labute approximate surface area is 249 Å². The lowest BCUT2D eigenvalue weighted by molar-refractivity contribution is 0.0456. The van der Waals surface area contributed by atoms with Crippen LogP contribution in [0.2, 0.25) is 5.02 Å². The van der Waals surface area contributed by atoms with Crippen LogP contribution in [0.15, 0.2) is 48.6 Å². The number of rotatable bonds is 8. The molecule has 0 saturated heterocycles. The summed E-state index contributed by atoms with van der Waals surface area (Å²) in [7, 11) is -3.77. The van der Waals surface area contributed by atoms with E-state index in [1.54, 1.807) is 18.2 Å². The van der Waals surface area contributed by atoms with Gasteiger partial charge in [0.25, 0.3) is 5.91 Å². The molecule has 2 aromatic carbocycles. The summed E-state index contributed by atoms with van der Waals surface area (Å²) in [4.78, 5) is 15.4. The Morgan fingerprint density at radius 3 is 2.76 bits per heavy atom. The molecule has 0 unspecified atom stereocenters. The van der Waals surface area contributed by atoms with E-state index in [9.17, 15) is 18.3 Å². The summed E-state index contributed by atoms with van der Waals surface area (Å²) in [5.41, 5.74) is 3.29. The third kappa shape index (κ3) is 6.15. The third-order valence-corrected chi connectivity index (χ3v) is 11.0. The van der Waals surface area contributed by atoms with Crippen molar-refractivity contribution < 1.29 is 23.1 Å². The first-order valence-corrected chi connectivity index (χ1v) is 16.7. The summed E-state index contributed by atoms with van der Waals surface area (Å²) in [6.07, 6.45) is 9.27. The van der Waals surface area contributed by atoms with Crippen molar-refractivity contribution in [1.82, 2.24) is 4.72 Å². The first-order chi connectivity index (χ1) is 19.5. The second-order valence-corrected chi connectivity index (χ2v) is 14.8. The Hall–Kier alpha value is -2.55. The van der Waals surface area contributed by atoms with Crippen molar-refractivity contribution in [3.8, 4) is 5.75 Å². The van der Waals surface area contributed by atoms with Crippen molar-refractivity contribution in [2.45, 2.75) is 76.1 Å². The molecule has 9 heteroatoms. The molecular weight excluding hydrogens is 560 g/mol. The Balaban J connectivity index is 1.51. The fraction of sp³-hybridized carbons (Fsp3) is 0.531. The summed E-state index contributed by atoms with van der Waals surface area (Å²) in [5, 5.41) is 10.9. The fourth-order valence-corrected chi connectivity index (χ4v) is 7.34. The predicted molar refractivity (Wildman–Crippen MR) is 163 cm³/mol. The Morgan fingerprint density at radius 1 is 1.24 bits per heavy atom. The number of allylic oxidation sites excluding steroid dienone is 1. The van der Waals surface area contributed by atoms with E-state index in [2.05, 4.69) is 28.7 Å². The van der Waals surface area contributed by atoms with Gasteiger partial charge >= 0.3 is 0 Å². The first kappa shape index (κ1) is 29.9. The maximum absolute atomic E-state index is 13.1. The van der Waals surface area contributed by atoms with Crippen LogP contribution in [0.1, 0.15) is 74.4 Å². The number of hydrogen-bond donors (Lipinski definition) is 2. The van der Waals surface area contributed by atoms with Gasteiger partial charge in [-0.3, -0.25) is 4.79 Å². The van der Waals surface area contributed by atoms with Gasteiger partial charge in [-0.1, -0.05) is 36.7 Å². The van der Waals surface area contributed by atoms with Crippen LogP contribution < -0.4 is 14.4 Å². The van der Waals surface area contributed by atoms with Crippen LogP contribution in [0.25, 0.3) is 0 Å². The molecule has 5 rings (SSSR count). The molecule has 2 N–H and O–H groups in total. The lowest BCUT2D eigenvalue weighted by atomic mass is 9.68. The van der Waals surface area contributed by atoms with Crippen LogP contribution in [0.5, 0.6) is 5.75 Å². The van der Waals surface area contributed by atoms with Gasteiger partial charge in [0.1, 0.15) is 5.75 Å². The van der Waals surface area contributed by atoms with E-state index >= 15 is 0 Å². The topological polar surface area (TPSA) is 95.9 Å². The van der Waals surface area contributed by atoms with Crippen molar-refractivity contribution in [3.05, 3.63) is 70.3 Å². The number of fused-ring (bicyclic) bond motifs is 3. The fourth-order valence-electron chi connectivity index (χ4n) is 6.53. The molecule has 0 radical (unpaired) electrons. The molecule has 1 aliphatic heterocycles. The highest BCUT2D eigenvalue weighted by Gasteiger charge is 2.44. The molecule has 222 valence electrons. The van der Waals surface area contributed by atoms with Gasteiger partial charge in [0.2, 0.25) is 10.0 Å². The van der Waals surface area contributed by atoms with Crippen LogP contribution in [0, 0.1) is 11.8 Å². The van der Waals surface area contributed by atoms with Crippen LogP contribution in [-0.2, 0) is 21.9 Å². The van der Waals surface area contributed by atoms with Crippen molar-refractivity contribution >= 4 is 33.2 Å². The number of ether oxygens (including phenoxy) is 1. The zero-order valence-electron chi connectivity index (χ0n) is 24.1. The first-order valence-electron chi connectivity index (χ1n) is 14.7. The van der Waals surface area contributed by atoms with Gasteiger partial charge in [0.05, 0.1) is 23.6 Å². The standard InChI is InChI=1S/C32H41ClN2O5S/c1-4-5-8-29(36)26-12-9-24(26)18-35-19-32(15-6-7-22-16-25(33)11-13-27(22)32)20-40-30-14-10-23(17-28(30)35)31(37)34-41(38,39)21(2)3/h5,8,10-11,13-14,16-17,21,24,26,29,36H,4,6-7,9,12,15,18-20H2,1-3H3,(H,34,37)/b8-5+/t24-,26+,29-,32-/m0/s1. The Kier molecular flexibility index (Phi) is 8.74. The van der Waals surface area contributed by atoms with Crippen molar-refractivity contribution in [2.75, 3.05) is 24.6 Å². The molecule has 4 atom stereocenters. The number of aryl methyl sites for hydroxylation is 1. The number of aliphatic hydroxyl groups excluding tert-OH is 1. The largest absolute Gasteiger partial charge is 0.490 e. The minimum Gasteiger partial charge on any atom is -0.490 e. The second kappa shape index (κ2) is 12.0. The molecule has 7 nitrogen and oxygen atoms in total. The van der Waals surface area contributed by atoms with E-state index in [0.29, 0.717) is 25.4 Å². The van der Waals surface area contributed by atoms with Gasteiger partial charge in [-0.15, -0.1) is 0 Å². The number of nitrogens with zero attached hydrogens (tertiary/aromatic N) is 1. The number of benzene rings is 2. The van der Waals surface area contributed by atoms with Gasteiger partial charge in [-0.25, -0.2) is 13.1 Å². The number of hydrogen-bond acceptors (Lipinski definition) is 6. The van der Waals surface area contributed by atoms with Crippen LogP contribution in [0.3, 0.4) is 0 Å². The minimum atomic E-state index is -3.77. The number of nitrogens with one attached hydrogen (secondary N) is 1. The van der Waals surface area contributed by atoms with Gasteiger partial charge in [0, 0.05) is 29.1 Å². The van der Waals surface area contributed by atoms with Gasteiger partial charge in [-0.2, -0.15) is 0 Å². The monoisotopic (exact) mass is 600 g/mol. The molecule has 0 bridgehead atoms. The van der Waals surface area contributed by atoms with Gasteiger partial charge in [0.15, 0.2) is 0 Å². The molecule has 2 aromatic rings. The highest BCUT2D eigenvalue weighted by atomic mass is 35.5. The van der Waals surface area contributed by atoms with E-state index in [1.165, 1.54) is 25.0 Å². The summed E-state index contributed by atoms with van der Waals surface area (Å²) in [5.74, 6) is 0.469. The molecule has 1 amide bonds. The molecule has 1 fully saturated rings. The summed E-state index contributed by atoms with van der Waals surface area (Å²) < 4.78 is 33.6. The van der Waals surface area contributed by atoms with E-state index in [1.807, 2.05) is 18.2 Å². The number of aliphatic hydroxyl groups is 1. The van der Waals surface area contributed by atoms with Crippen LogP contribution in [-0.4, -0.2) is 50.5 Å². The quantitative estimate of drug-likeness (QED) is 0.381. The Morgan fingerprint density at radius 2 is 2.05 bits per heavy atom. The second-order valence-electron chi connectivity index (χ2n) is 12.1. The van der Waals surface area contributed by atoms with Gasteiger partial charge < -0.3 is 14.7 Å². The van der Waals surface area contributed by atoms with Crippen molar-refractivity contribution in [2.24, 2.45) is 11.8 Å². The smallest absolute Gasteiger partial charge is 0.264 e. The molecule has 1 spiro atoms. The third-order valence-electron chi connectivity index (χ3n) is 9.09. The SMILES string of the molecule is CC/C=C/[C@H](O)[C@@H]1CC[C@H]1CN1C[C@@]2(CCCc3cc(Cl)ccc32)COc2ccc(C(=O)NS(=O)(=O)C(C)C)cc21. The van der Waals surface area contributed by atoms with Crippen molar-refractivity contribution in [1.29, 1.82) is 0 Å². The van der Waals surface area contributed by atoms with E-state index in [-0.39, 0.29) is 22.8 Å². The molecule has 1 saturated carbocycles. The molecule has 41 heavy (non-hydrogen) atoms. The lowest BCUT2D eigenvalue weighted by Crippen LogP contribution is -2.49. The lowest BCUT2D eigenvalue weighted by Gasteiger charge is -2.45. The van der Waals surface area contributed by atoms with Gasteiger partial charge in [-0.05, 0) is 106 Å². The minimum absolute atomic E-state index is 0.168. The maximum Gasteiger partial charge on any atom is 0.264 e. The number of anilines is 1. The molecule has 0 aromatic heterocycles. The number of amides is 1. The highest BCUT2D eigenvalue weighted by Crippen LogP contribution is 2.46. The van der Waals surface area contributed by atoms with E-state index in [4.69, 9.17) is 16.3 Å². The average molecular weight is 601 g/mol. The number of sulfonamides is 1. The highest BCUT2D eigenvalue weighted by molar-refractivity contribution is 7.90. The van der Waals surface area contributed by atoms with E-state index < -0.39 is 27.3 Å². The predicted octanol–water partition coefficient (Wildman–Crippen LogP) is 5.63. The molecule has 1 heterocycles. The average Bonchev–Trinajstić information content (AvgIpc) is 3.06. The molecular formula is C32H41ClN2O5S. The normalized spacial score (nSPS) is 24.8. The van der Waals surface area contributed by atoms with Crippen molar-refractivity contribution in [3.63, 3.8) is 0 Å². The zero-order valence-corrected chi connectivity index (χ0v) is 25.7. The summed E-state index contributed by atoms with van der Waals surface area (Å²) >= 11 is 6.38. The summed E-state index contributed by atoms with van der Waals surface area (Å²) in [6.45, 7) is 7.02.